The summed E-state index contributed by atoms with van der Waals surface area (Å²) in [5, 5.41) is 0.742. The molecule has 0 fully saturated rings. The normalized spacial score (nSPS) is 12.6. The van der Waals surface area contributed by atoms with E-state index >= 15 is 0 Å². The second-order valence-corrected chi connectivity index (χ2v) is 8.28. The first kappa shape index (κ1) is 19.5. The summed E-state index contributed by atoms with van der Waals surface area (Å²) in [5.41, 5.74) is 6.50. The Morgan fingerprint density at radius 2 is 1.41 bits per heavy atom. The van der Waals surface area contributed by atoms with Crippen LogP contribution in [0.1, 0.15) is 40.2 Å². The van der Waals surface area contributed by atoms with Crippen molar-refractivity contribution in [3.05, 3.63) is 101 Å². The summed E-state index contributed by atoms with van der Waals surface area (Å²) in [6.45, 7) is 6.94. The van der Waals surface area contributed by atoms with Crippen LogP contribution in [0.3, 0.4) is 0 Å². The first-order valence-corrected chi connectivity index (χ1v) is 10.5. The molecule has 3 aromatic rings. The second-order valence-electron chi connectivity index (χ2n) is 6.99. The molecule has 0 saturated carbocycles. The minimum Gasteiger partial charge on any atom is -0.142 e. The fraction of sp³-hybridized carbons (Fsp3) is 0.250. The predicted molar refractivity (Wildman–Crippen MR) is 113 cm³/mol. The van der Waals surface area contributed by atoms with Crippen molar-refractivity contribution in [3.63, 3.8) is 0 Å². The zero-order valence-electron chi connectivity index (χ0n) is 16.2. The first-order chi connectivity index (χ1) is 13.1. The van der Waals surface area contributed by atoms with Gasteiger partial charge in [-0.25, -0.2) is 0 Å². The van der Waals surface area contributed by atoms with E-state index in [2.05, 4.69) is 57.2 Å². The Kier molecular flexibility index (Phi) is 6.55. The first-order valence-electron chi connectivity index (χ1n) is 9.34. The van der Waals surface area contributed by atoms with Crippen LogP contribution in [-0.4, -0.2) is 6.61 Å². The van der Waals surface area contributed by atoms with E-state index < -0.39 is 8.03 Å². The lowest BCUT2D eigenvalue weighted by Crippen LogP contribution is -2.09. The summed E-state index contributed by atoms with van der Waals surface area (Å²) in [7, 11) is -1.81. The average molecular weight is 377 g/mol. The molecule has 0 spiro atoms. The van der Waals surface area contributed by atoms with E-state index in [-0.39, 0.29) is 5.92 Å². The highest BCUT2D eigenvalue weighted by Crippen LogP contribution is 2.34. The molecule has 0 aliphatic rings. The Hall–Kier alpha value is -2.28. The summed E-state index contributed by atoms with van der Waals surface area (Å²) in [4.78, 5) is 0. The Bertz CT molecular complexity index is 881. The van der Waals surface area contributed by atoms with Crippen molar-refractivity contribution in [1.29, 1.82) is 0 Å². The highest BCUT2D eigenvalue weighted by atomic mass is 31.1. The van der Waals surface area contributed by atoms with Crippen molar-refractivity contribution < 1.29 is 9.09 Å². The molecule has 0 N–H and O–H groups in total. The van der Waals surface area contributed by atoms with Gasteiger partial charge in [-0.2, -0.15) is 0 Å². The molecule has 0 saturated heterocycles. The van der Waals surface area contributed by atoms with Gasteiger partial charge in [0.2, 0.25) is 5.30 Å². The SMILES string of the molecule is Cc1cc(C)c(C(CCO[P+](=O)c2ccccc2)c2ccccc2)c(C)c1. The molecule has 3 aromatic carbocycles. The van der Waals surface area contributed by atoms with Gasteiger partial charge in [-0.05, 0) is 66.1 Å². The van der Waals surface area contributed by atoms with Gasteiger partial charge in [0.05, 0.1) is 0 Å². The van der Waals surface area contributed by atoms with Crippen LogP contribution in [0, 0.1) is 20.8 Å². The molecule has 0 aliphatic heterocycles. The number of hydrogen-bond acceptors (Lipinski definition) is 2. The van der Waals surface area contributed by atoms with Crippen LogP contribution in [0.25, 0.3) is 0 Å². The summed E-state index contributed by atoms with van der Waals surface area (Å²) in [6.07, 6.45) is 0.794. The molecule has 27 heavy (non-hydrogen) atoms. The van der Waals surface area contributed by atoms with E-state index in [1.165, 1.54) is 27.8 Å². The van der Waals surface area contributed by atoms with Crippen LogP contribution in [0.5, 0.6) is 0 Å². The van der Waals surface area contributed by atoms with Crippen molar-refractivity contribution in [1.82, 2.24) is 0 Å². The Balaban J connectivity index is 1.81. The average Bonchev–Trinajstić information content (AvgIpc) is 2.67. The van der Waals surface area contributed by atoms with Crippen LogP contribution in [0.15, 0.2) is 72.8 Å². The van der Waals surface area contributed by atoms with Gasteiger partial charge < -0.3 is 0 Å². The second kappa shape index (κ2) is 9.08. The third-order valence-electron chi connectivity index (χ3n) is 4.87. The lowest BCUT2D eigenvalue weighted by atomic mass is 9.83. The maximum atomic E-state index is 12.4. The molecule has 0 aliphatic carbocycles. The smallest absolute Gasteiger partial charge is 0.142 e. The largest absolute Gasteiger partial charge is 0.548 e. The highest BCUT2D eigenvalue weighted by molar-refractivity contribution is 7.48. The fourth-order valence-electron chi connectivity index (χ4n) is 3.78. The molecule has 0 heterocycles. The van der Waals surface area contributed by atoms with Crippen molar-refractivity contribution in [2.24, 2.45) is 0 Å². The molecule has 0 bridgehead atoms. The van der Waals surface area contributed by atoms with Gasteiger partial charge in [-0.3, -0.25) is 0 Å². The Morgan fingerprint density at radius 3 is 2.00 bits per heavy atom. The zero-order chi connectivity index (χ0) is 19.2. The van der Waals surface area contributed by atoms with E-state index in [4.69, 9.17) is 4.52 Å². The van der Waals surface area contributed by atoms with Crippen LogP contribution in [-0.2, 0) is 9.09 Å². The lowest BCUT2D eigenvalue weighted by Gasteiger charge is -2.22. The minimum atomic E-state index is -1.81. The third kappa shape index (κ3) is 4.91. The van der Waals surface area contributed by atoms with Crippen molar-refractivity contribution >= 4 is 13.3 Å². The molecule has 138 valence electrons. The molecule has 0 aromatic heterocycles. The van der Waals surface area contributed by atoms with Crippen molar-refractivity contribution in [2.45, 2.75) is 33.1 Å². The molecule has 0 radical (unpaired) electrons. The number of hydrogen-bond donors (Lipinski definition) is 0. The summed E-state index contributed by atoms with van der Waals surface area (Å²) < 4.78 is 18.1. The fourth-order valence-corrected chi connectivity index (χ4v) is 4.62. The van der Waals surface area contributed by atoms with E-state index in [1.807, 2.05) is 36.4 Å². The van der Waals surface area contributed by atoms with Crippen LogP contribution >= 0.6 is 8.03 Å². The standard InChI is InChI=1S/C24H26O2P/c1-18-16-19(2)24(20(3)17-18)23(21-10-6-4-7-11-21)14-15-26-27(25)22-12-8-5-9-13-22/h4-13,16-17,23H,14-15H2,1-3H3/q+1. The molecule has 2 nitrogen and oxygen atoms in total. The highest BCUT2D eigenvalue weighted by Gasteiger charge is 2.24. The van der Waals surface area contributed by atoms with Crippen LogP contribution in [0.4, 0.5) is 0 Å². The number of rotatable bonds is 7. The monoisotopic (exact) mass is 377 g/mol. The van der Waals surface area contributed by atoms with Gasteiger partial charge >= 0.3 is 8.03 Å². The van der Waals surface area contributed by atoms with E-state index in [0.717, 1.165) is 11.7 Å². The number of aryl methyl sites for hydroxylation is 3. The summed E-state index contributed by atoms with van der Waals surface area (Å²) in [5.74, 6) is 0.228. The van der Waals surface area contributed by atoms with Crippen LogP contribution < -0.4 is 5.30 Å². The Morgan fingerprint density at radius 1 is 0.852 bits per heavy atom. The quantitative estimate of drug-likeness (QED) is 0.457. The summed E-state index contributed by atoms with van der Waals surface area (Å²) >= 11 is 0. The van der Waals surface area contributed by atoms with Crippen molar-refractivity contribution in [2.75, 3.05) is 6.61 Å². The van der Waals surface area contributed by atoms with Gasteiger partial charge in [-0.15, -0.1) is 4.52 Å². The van der Waals surface area contributed by atoms with Crippen LogP contribution in [0.2, 0.25) is 0 Å². The third-order valence-corrected chi connectivity index (χ3v) is 6.01. The van der Waals surface area contributed by atoms with Gasteiger partial charge in [0.1, 0.15) is 6.61 Å². The molecule has 3 heteroatoms. The topological polar surface area (TPSA) is 26.3 Å². The molecular formula is C24H26O2P+. The van der Waals surface area contributed by atoms with Gasteiger partial charge in [0.15, 0.2) is 0 Å². The van der Waals surface area contributed by atoms with Crippen molar-refractivity contribution in [3.8, 4) is 0 Å². The number of benzene rings is 3. The molecule has 2 unspecified atom stereocenters. The zero-order valence-corrected chi connectivity index (χ0v) is 17.1. The van der Waals surface area contributed by atoms with Gasteiger partial charge in [-0.1, -0.05) is 66.2 Å². The molecule has 3 rings (SSSR count). The van der Waals surface area contributed by atoms with E-state index in [0.29, 0.717) is 6.61 Å². The predicted octanol–water partition coefficient (Wildman–Crippen LogP) is 6.22. The maximum absolute atomic E-state index is 12.4. The maximum Gasteiger partial charge on any atom is 0.548 e. The van der Waals surface area contributed by atoms with E-state index in [9.17, 15) is 4.57 Å². The summed E-state index contributed by atoms with van der Waals surface area (Å²) in [6, 6.07) is 24.4. The molecular weight excluding hydrogens is 351 g/mol. The van der Waals surface area contributed by atoms with E-state index in [1.54, 1.807) is 0 Å². The van der Waals surface area contributed by atoms with Gasteiger partial charge in [0.25, 0.3) is 0 Å². The minimum absolute atomic E-state index is 0.228. The molecule has 0 amide bonds. The lowest BCUT2D eigenvalue weighted by molar-refractivity contribution is 0.320. The Labute approximate surface area is 163 Å². The molecule has 2 atom stereocenters. The van der Waals surface area contributed by atoms with Gasteiger partial charge in [0, 0.05) is 5.92 Å².